The van der Waals surface area contributed by atoms with Crippen molar-refractivity contribution >= 4 is 28.2 Å². The lowest BCUT2D eigenvalue weighted by Gasteiger charge is -2.27. The third-order valence-electron chi connectivity index (χ3n) is 4.86. The first-order valence-electron chi connectivity index (χ1n) is 8.83. The Bertz CT molecular complexity index is 591. The molecule has 1 saturated carbocycles. The predicted octanol–water partition coefficient (Wildman–Crippen LogP) is 2.33. The van der Waals surface area contributed by atoms with Crippen molar-refractivity contribution in [3.05, 3.63) is 16.0 Å². The molecular formula is C18H29N2O3S+. The van der Waals surface area contributed by atoms with Gasteiger partial charge in [-0.05, 0) is 52.0 Å². The van der Waals surface area contributed by atoms with Crippen molar-refractivity contribution in [1.29, 1.82) is 0 Å². The standard InChI is InChI=1S/C18H28N2O3S/c1-5-23-18(22)16-12(2)13(3)24-17(16)19-15(21)11-20(4)14-9-7-6-8-10-14/h14H,5-11H2,1-4H3,(H,19,21)/p+1. The van der Waals surface area contributed by atoms with Gasteiger partial charge in [0.15, 0.2) is 6.54 Å². The lowest BCUT2D eigenvalue weighted by atomic mass is 9.94. The molecule has 1 amide bonds. The van der Waals surface area contributed by atoms with Crippen LogP contribution in [0.4, 0.5) is 5.00 Å². The number of esters is 1. The van der Waals surface area contributed by atoms with Crippen molar-refractivity contribution in [1.82, 2.24) is 0 Å². The molecule has 6 heteroatoms. The summed E-state index contributed by atoms with van der Waals surface area (Å²) in [6.07, 6.45) is 6.24. The second-order valence-corrected chi connectivity index (χ2v) is 7.84. The molecule has 2 rings (SSSR count). The minimum absolute atomic E-state index is 0.0372. The molecule has 1 heterocycles. The Balaban J connectivity index is 2.03. The van der Waals surface area contributed by atoms with E-state index in [-0.39, 0.29) is 11.9 Å². The molecule has 0 radical (unpaired) electrons. The Morgan fingerprint density at radius 2 is 1.92 bits per heavy atom. The Morgan fingerprint density at radius 3 is 2.54 bits per heavy atom. The molecule has 0 bridgehead atoms. The van der Waals surface area contributed by atoms with Gasteiger partial charge < -0.3 is 15.0 Å². The minimum atomic E-state index is -0.359. The number of carbonyl (C=O) groups is 2. The van der Waals surface area contributed by atoms with Crippen molar-refractivity contribution in [2.75, 3.05) is 25.5 Å². The number of likely N-dealkylation sites (N-methyl/N-ethyl adjacent to an activating group) is 1. The molecule has 1 aromatic rings. The molecule has 5 nitrogen and oxygen atoms in total. The summed E-state index contributed by atoms with van der Waals surface area (Å²) in [5, 5.41) is 3.56. The topological polar surface area (TPSA) is 59.8 Å². The predicted molar refractivity (Wildman–Crippen MR) is 97.0 cm³/mol. The smallest absolute Gasteiger partial charge is 0.341 e. The lowest BCUT2D eigenvalue weighted by Crippen LogP contribution is -3.14. The van der Waals surface area contributed by atoms with Crippen LogP contribution in [-0.4, -0.2) is 38.1 Å². The van der Waals surface area contributed by atoms with Gasteiger partial charge >= 0.3 is 5.97 Å². The van der Waals surface area contributed by atoms with Gasteiger partial charge in [0, 0.05) is 4.88 Å². The molecular weight excluding hydrogens is 324 g/mol. The number of nitrogens with one attached hydrogen (secondary N) is 2. The van der Waals surface area contributed by atoms with E-state index in [0.29, 0.717) is 29.8 Å². The normalized spacial score (nSPS) is 16.7. The molecule has 2 N–H and O–H groups in total. The van der Waals surface area contributed by atoms with E-state index in [1.54, 1.807) is 6.92 Å². The second kappa shape index (κ2) is 8.62. The minimum Gasteiger partial charge on any atom is -0.462 e. The van der Waals surface area contributed by atoms with Crippen molar-refractivity contribution < 1.29 is 19.2 Å². The average Bonchev–Trinajstić information content (AvgIpc) is 2.82. The van der Waals surface area contributed by atoms with E-state index < -0.39 is 0 Å². The zero-order valence-electron chi connectivity index (χ0n) is 15.2. The monoisotopic (exact) mass is 353 g/mol. The van der Waals surface area contributed by atoms with E-state index in [9.17, 15) is 9.59 Å². The quantitative estimate of drug-likeness (QED) is 0.772. The van der Waals surface area contributed by atoms with Crippen molar-refractivity contribution in [2.24, 2.45) is 0 Å². The molecule has 1 aliphatic rings. The van der Waals surface area contributed by atoms with Gasteiger partial charge in [-0.15, -0.1) is 11.3 Å². The lowest BCUT2D eigenvalue weighted by molar-refractivity contribution is -0.899. The molecule has 24 heavy (non-hydrogen) atoms. The summed E-state index contributed by atoms with van der Waals surface area (Å²) in [4.78, 5) is 26.9. The van der Waals surface area contributed by atoms with Crippen molar-refractivity contribution in [3.63, 3.8) is 0 Å². The number of quaternary nitrogens is 1. The highest BCUT2D eigenvalue weighted by molar-refractivity contribution is 7.16. The van der Waals surface area contributed by atoms with Gasteiger partial charge in [-0.1, -0.05) is 6.42 Å². The molecule has 134 valence electrons. The maximum absolute atomic E-state index is 12.4. The van der Waals surface area contributed by atoms with Gasteiger partial charge in [-0.25, -0.2) is 4.79 Å². The van der Waals surface area contributed by atoms with Crippen LogP contribution in [0.2, 0.25) is 0 Å². The van der Waals surface area contributed by atoms with E-state index in [2.05, 4.69) is 12.4 Å². The van der Waals surface area contributed by atoms with Crippen LogP contribution >= 0.6 is 11.3 Å². The molecule has 0 saturated heterocycles. The van der Waals surface area contributed by atoms with Crippen LogP contribution in [0.5, 0.6) is 0 Å². The molecule has 1 aromatic heterocycles. The Morgan fingerprint density at radius 1 is 1.25 bits per heavy atom. The fraction of sp³-hybridized carbons (Fsp3) is 0.667. The first-order valence-corrected chi connectivity index (χ1v) is 9.65. The highest BCUT2D eigenvalue weighted by atomic mass is 32.1. The first-order chi connectivity index (χ1) is 11.4. The number of amides is 1. The number of hydrogen-bond donors (Lipinski definition) is 2. The fourth-order valence-electron chi connectivity index (χ4n) is 3.33. The molecule has 1 atom stereocenters. The molecule has 0 spiro atoms. The summed E-state index contributed by atoms with van der Waals surface area (Å²) in [7, 11) is 2.09. The highest BCUT2D eigenvalue weighted by Crippen LogP contribution is 2.32. The van der Waals surface area contributed by atoms with Crippen LogP contribution in [0.3, 0.4) is 0 Å². The van der Waals surface area contributed by atoms with Crippen molar-refractivity contribution in [2.45, 2.75) is 58.9 Å². The summed E-state index contributed by atoms with van der Waals surface area (Å²) in [5.74, 6) is -0.396. The van der Waals surface area contributed by atoms with Crippen LogP contribution in [0.1, 0.15) is 59.8 Å². The van der Waals surface area contributed by atoms with Gasteiger partial charge in [0.2, 0.25) is 0 Å². The van der Waals surface area contributed by atoms with Crippen LogP contribution in [-0.2, 0) is 9.53 Å². The van der Waals surface area contributed by atoms with Crippen LogP contribution < -0.4 is 10.2 Å². The van der Waals surface area contributed by atoms with Gasteiger partial charge in [-0.2, -0.15) is 0 Å². The first kappa shape index (κ1) is 18.9. The number of ether oxygens (including phenoxy) is 1. The SMILES string of the molecule is CCOC(=O)c1c(NC(=O)C[NH+](C)C2CCCCC2)sc(C)c1C. The second-order valence-electron chi connectivity index (χ2n) is 6.61. The third kappa shape index (κ3) is 4.57. The molecule has 0 aliphatic heterocycles. The van der Waals surface area contributed by atoms with E-state index in [0.717, 1.165) is 10.4 Å². The fourth-order valence-corrected chi connectivity index (χ4v) is 4.39. The Labute approximate surface area is 148 Å². The average molecular weight is 354 g/mol. The summed E-state index contributed by atoms with van der Waals surface area (Å²) in [6, 6.07) is 0.570. The number of carbonyl (C=O) groups excluding carboxylic acids is 2. The number of aryl methyl sites for hydroxylation is 1. The number of hydrogen-bond acceptors (Lipinski definition) is 4. The number of anilines is 1. The van der Waals surface area contributed by atoms with Crippen LogP contribution in [0.25, 0.3) is 0 Å². The summed E-state index contributed by atoms with van der Waals surface area (Å²) in [5.41, 5.74) is 1.39. The van der Waals surface area contributed by atoms with E-state index in [4.69, 9.17) is 4.74 Å². The molecule has 1 aliphatic carbocycles. The van der Waals surface area contributed by atoms with Crippen molar-refractivity contribution in [3.8, 4) is 0 Å². The van der Waals surface area contributed by atoms with E-state index >= 15 is 0 Å². The van der Waals surface area contributed by atoms with Gasteiger partial charge in [0.1, 0.15) is 5.00 Å². The maximum Gasteiger partial charge on any atom is 0.341 e. The Hall–Kier alpha value is -1.40. The van der Waals surface area contributed by atoms with Crippen LogP contribution in [0.15, 0.2) is 0 Å². The largest absolute Gasteiger partial charge is 0.462 e. The summed E-state index contributed by atoms with van der Waals surface area (Å²) < 4.78 is 5.13. The van der Waals surface area contributed by atoms with Gasteiger partial charge in [-0.3, -0.25) is 4.79 Å². The zero-order valence-corrected chi connectivity index (χ0v) is 16.0. The van der Waals surface area contributed by atoms with Crippen LogP contribution in [0, 0.1) is 13.8 Å². The molecule has 0 aromatic carbocycles. The van der Waals surface area contributed by atoms with E-state index in [1.807, 2.05) is 13.8 Å². The van der Waals surface area contributed by atoms with Gasteiger partial charge in [0.25, 0.3) is 5.91 Å². The summed E-state index contributed by atoms with van der Waals surface area (Å²) in [6.45, 7) is 6.40. The molecule has 1 fully saturated rings. The zero-order chi connectivity index (χ0) is 17.7. The summed E-state index contributed by atoms with van der Waals surface area (Å²) >= 11 is 1.44. The third-order valence-corrected chi connectivity index (χ3v) is 5.98. The van der Waals surface area contributed by atoms with Gasteiger partial charge in [0.05, 0.1) is 25.3 Å². The number of thiophene rings is 1. The number of rotatable bonds is 6. The maximum atomic E-state index is 12.4. The van der Waals surface area contributed by atoms with E-state index in [1.165, 1.54) is 48.3 Å². The molecule has 1 unspecified atom stereocenters. The Kier molecular flexibility index (Phi) is 6.80. The highest BCUT2D eigenvalue weighted by Gasteiger charge is 2.26.